The molecule has 0 aromatic heterocycles. The molecule has 1 fully saturated rings. The van der Waals surface area contributed by atoms with Gasteiger partial charge in [-0.15, -0.1) is 0 Å². The molecule has 3 nitrogen and oxygen atoms in total. The number of nitrogens with two attached hydrogens (primary N) is 1. The van der Waals surface area contributed by atoms with E-state index >= 15 is 0 Å². The largest absolute Gasteiger partial charge is 0.358 e. The van der Waals surface area contributed by atoms with Crippen molar-refractivity contribution in [3.05, 3.63) is 28.5 Å². The van der Waals surface area contributed by atoms with Crippen LogP contribution in [0, 0.1) is 17.1 Å². The Labute approximate surface area is 98.4 Å². The molecule has 1 aromatic carbocycles. The lowest BCUT2D eigenvalue weighted by Gasteiger charge is -2.27. The fraction of sp³-hybridized carbons (Fsp3) is 0.364. The van der Waals surface area contributed by atoms with Crippen molar-refractivity contribution in [1.82, 2.24) is 0 Å². The predicted molar refractivity (Wildman–Crippen MR) is 60.0 cm³/mol. The lowest BCUT2D eigenvalue weighted by molar-refractivity contribution is -0.655. The van der Waals surface area contributed by atoms with Crippen LogP contribution < -0.4 is 10.2 Å². The average Bonchev–Trinajstić information content (AvgIpc) is 2.32. The second-order valence-electron chi connectivity index (χ2n) is 3.75. The van der Waals surface area contributed by atoms with Gasteiger partial charge in [0.05, 0.1) is 42.5 Å². The summed E-state index contributed by atoms with van der Waals surface area (Å²) in [6, 6.07) is 4.62. The Balaban J connectivity index is 2.34. The van der Waals surface area contributed by atoms with E-state index in [0.29, 0.717) is 10.7 Å². The van der Waals surface area contributed by atoms with Crippen LogP contribution in [0.2, 0.25) is 5.02 Å². The van der Waals surface area contributed by atoms with Gasteiger partial charge in [0.25, 0.3) is 0 Å². The topological polar surface area (TPSA) is 43.6 Å². The lowest BCUT2D eigenvalue weighted by atomic mass is 10.2. The Hall–Kier alpha value is -1.31. The molecule has 1 saturated heterocycles. The summed E-state index contributed by atoms with van der Waals surface area (Å²) in [5.74, 6) is -0.372. The van der Waals surface area contributed by atoms with E-state index in [1.807, 2.05) is 11.0 Å². The first-order valence-electron chi connectivity index (χ1n) is 5.18. The zero-order chi connectivity index (χ0) is 11.5. The van der Waals surface area contributed by atoms with Crippen molar-refractivity contribution in [2.24, 2.45) is 0 Å². The van der Waals surface area contributed by atoms with E-state index in [9.17, 15) is 4.39 Å². The van der Waals surface area contributed by atoms with Crippen LogP contribution in [0.5, 0.6) is 0 Å². The first kappa shape index (κ1) is 11.2. The van der Waals surface area contributed by atoms with Gasteiger partial charge in [0.1, 0.15) is 11.9 Å². The van der Waals surface area contributed by atoms with Crippen LogP contribution in [0.3, 0.4) is 0 Å². The number of nitriles is 1. The smallest absolute Gasteiger partial charge is 0.147 e. The molecule has 1 aliphatic rings. The molecule has 0 radical (unpaired) electrons. The zero-order valence-electron chi connectivity index (χ0n) is 8.71. The lowest BCUT2D eigenvalue weighted by Crippen LogP contribution is -2.89. The molecule has 1 heterocycles. The number of piperazine rings is 1. The second kappa shape index (κ2) is 4.69. The molecule has 0 bridgehead atoms. The van der Waals surface area contributed by atoms with Crippen LogP contribution in [0.25, 0.3) is 0 Å². The van der Waals surface area contributed by atoms with Crippen molar-refractivity contribution in [2.45, 2.75) is 0 Å². The zero-order valence-corrected chi connectivity index (χ0v) is 9.47. The Morgan fingerprint density at radius 1 is 1.38 bits per heavy atom. The average molecular weight is 241 g/mol. The molecule has 1 aromatic rings. The Morgan fingerprint density at radius 2 is 2.06 bits per heavy atom. The van der Waals surface area contributed by atoms with E-state index in [4.69, 9.17) is 16.9 Å². The summed E-state index contributed by atoms with van der Waals surface area (Å²) < 4.78 is 13.7. The van der Waals surface area contributed by atoms with Crippen molar-refractivity contribution >= 4 is 17.3 Å². The summed E-state index contributed by atoms with van der Waals surface area (Å²) >= 11 is 5.90. The molecule has 2 rings (SSSR count). The van der Waals surface area contributed by atoms with Crippen LogP contribution in [-0.4, -0.2) is 26.2 Å². The minimum atomic E-state index is -0.372. The van der Waals surface area contributed by atoms with E-state index < -0.39 is 0 Å². The van der Waals surface area contributed by atoms with Crippen LogP contribution in [0.15, 0.2) is 12.1 Å². The van der Waals surface area contributed by atoms with Crippen LogP contribution in [0.1, 0.15) is 5.56 Å². The van der Waals surface area contributed by atoms with E-state index in [-0.39, 0.29) is 11.4 Å². The molecule has 0 amide bonds. The number of anilines is 1. The van der Waals surface area contributed by atoms with Crippen molar-refractivity contribution in [2.75, 3.05) is 31.1 Å². The standard InChI is InChI=1S/C11H11ClFN3/c12-9-6-11(10(13)5-8(9)7-14)16-3-1-15-2-4-16/h5-6,15H,1-4H2/p+1. The Bertz CT molecular complexity index is 436. The molecule has 0 atom stereocenters. The molecule has 0 spiro atoms. The van der Waals surface area contributed by atoms with E-state index in [1.54, 1.807) is 6.07 Å². The summed E-state index contributed by atoms with van der Waals surface area (Å²) in [6.45, 7) is 3.52. The van der Waals surface area contributed by atoms with Crippen molar-refractivity contribution < 1.29 is 9.71 Å². The molecule has 1 aliphatic heterocycles. The number of halogens is 2. The normalized spacial score (nSPS) is 15.9. The van der Waals surface area contributed by atoms with Gasteiger partial charge in [-0.1, -0.05) is 11.6 Å². The number of rotatable bonds is 1. The molecular weight excluding hydrogens is 229 g/mol. The number of quaternary nitrogens is 1. The fourth-order valence-corrected chi connectivity index (χ4v) is 2.06. The van der Waals surface area contributed by atoms with E-state index in [0.717, 1.165) is 26.2 Å². The van der Waals surface area contributed by atoms with Crippen LogP contribution in [0.4, 0.5) is 10.1 Å². The first-order chi connectivity index (χ1) is 7.72. The predicted octanol–water partition coefficient (Wildman–Crippen LogP) is 0.734. The Kier molecular flexibility index (Phi) is 3.28. The molecule has 0 aliphatic carbocycles. The molecule has 5 heteroatoms. The SMILES string of the molecule is N#Cc1cc(F)c(N2CC[NH2+]CC2)cc1Cl. The van der Waals surface area contributed by atoms with E-state index in [1.165, 1.54) is 6.07 Å². The van der Waals surface area contributed by atoms with Crippen LogP contribution >= 0.6 is 11.6 Å². The van der Waals surface area contributed by atoms with Crippen molar-refractivity contribution in [3.8, 4) is 6.07 Å². The third kappa shape index (κ3) is 2.11. The van der Waals surface area contributed by atoms with Gasteiger partial charge in [-0.25, -0.2) is 4.39 Å². The highest BCUT2D eigenvalue weighted by atomic mass is 35.5. The van der Waals surface area contributed by atoms with Gasteiger partial charge in [0, 0.05) is 0 Å². The molecular formula is C11H12ClFN3+. The number of hydrogen-bond acceptors (Lipinski definition) is 2. The van der Waals surface area contributed by atoms with E-state index in [2.05, 4.69) is 5.32 Å². The highest BCUT2D eigenvalue weighted by Gasteiger charge is 2.18. The van der Waals surface area contributed by atoms with Gasteiger partial charge in [0.15, 0.2) is 0 Å². The van der Waals surface area contributed by atoms with Crippen molar-refractivity contribution in [3.63, 3.8) is 0 Å². The molecule has 0 unspecified atom stereocenters. The van der Waals surface area contributed by atoms with Gasteiger partial charge in [-0.2, -0.15) is 5.26 Å². The van der Waals surface area contributed by atoms with Gasteiger partial charge < -0.3 is 10.2 Å². The fourth-order valence-electron chi connectivity index (χ4n) is 1.86. The quantitative estimate of drug-likeness (QED) is 0.787. The van der Waals surface area contributed by atoms with Crippen molar-refractivity contribution in [1.29, 1.82) is 5.26 Å². The summed E-state index contributed by atoms with van der Waals surface area (Å²) in [7, 11) is 0. The Morgan fingerprint density at radius 3 is 2.69 bits per heavy atom. The summed E-state index contributed by atoms with van der Waals surface area (Å²) in [6.07, 6.45) is 0. The minimum Gasteiger partial charge on any atom is -0.358 e. The third-order valence-electron chi connectivity index (χ3n) is 2.70. The first-order valence-corrected chi connectivity index (χ1v) is 5.56. The molecule has 84 valence electrons. The second-order valence-corrected chi connectivity index (χ2v) is 4.16. The van der Waals surface area contributed by atoms with Gasteiger partial charge >= 0.3 is 0 Å². The molecule has 16 heavy (non-hydrogen) atoms. The minimum absolute atomic E-state index is 0.187. The van der Waals surface area contributed by atoms with Gasteiger partial charge in [0.2, 0.25) is 0 Å². The number of nitrogens with zero attached hydrogens (tertiary/aromatic N) is 2. The van der Waals surface area contributed by atoms with Crippen LogP contribution in [-0.2, 0) is 0 Å². The molecule has 2 N–H and O–H groups in total. The monoisotopic (exact) mass is 240 g/mol. The maximum Gasteiger partial charge on any atom is 0.147 e. The number of benzene rings is 1. The third-order valence-corrected chi connectivity index (χ3v) is 3.02. The summed E-state index contributed by atoms with van der Waals surface area (Å²) in [4.78, 5) is 1.96. The van der Waals surface area contributed by atoms with Gasteiger partial charge in [-0.05, 0) is 12.1 Å². The highest BCUT2D eigenvalue weighted by molar-refractivity contribution is 6.32. The maximum atomic E-state index is 13.7. The highest BCUT2D eigenvalue weighted by Crippen LogP contribution is 2.26. The number of hydrogen-bond donors (Lipinski definition) is 1. The maximum absolute atomic E-state index is 13.7. The summed E-state index contributed by atoms with van der Waals surface area (Å²) in [5, 5.41) is 11.2. The summed E-state index contributed by atoms with van der Waals surface area (Å²) in [5.41, 5.74) is 0.684. The molecule has 0 saturated carbocycles. The van der Waals surface area contributed by atoms with Gasteiger partial charge in [-0.3, -0.25) is 0 Å².